The van der Waals surface area contributed by atoms with Crippen LogP contribution in [0, 0.1) is 0 Å². The molecule has 78 valence electrons. The minimum absolute atomic E-state index is 0.102. The molecule has 0 bridgehead atoms. The highest BCUT2D eigenvalue weighted by Gasteiger charge is 2.27. The monoisotopic (exact) mass is 196 g/mol. The second-order valence-corrected chi connectivity index (χ2v) is 4.10. The van der Waals surface area contributed by atoms with Crippen molar-refractivity contribution in [3.8, 4) is 0 Å². The van der Waals surface area contributed by atoms with Gasteiger partial charge in [-0.3, -0.25) is 4.79 Å². The number of hydrogen-bond acceptors (Lipinski definition) is 3. The molecule has 0 N–H and O–H groups in total. The van der Waals surface area contributed by atoms with E-state index >= 15 is 0 Å². The van der Waals surface area contributed by atoms with Crippen LogP contribution in [-0.4, -0.2) is 24.8 Å². The molecule has 2 rings (SSSR count). The first-order valence-corrected chi connectivity index (χ1v) is 5.21. The van der Waals surface area contributed by atoms with Crippen LogP contribution >= 0.6 is 0 Å². The van der Waals surface area contributed by atoms with Crippen molar-refractivity contribution in [2.45, 2.75) is 44.8 Å². The van der Waals surface area contributed by atoms with Gasteiger partial charge in [-0.05, 0) is 19.8 Å². The summed E-state index contributed by atoms with van der Waals surface area (Å²) in [4.78, 5) is 11.3. The van der Waals surface area contributed by atoms with Crippen LogP contribution < -0.4 is 0 Å². The minimum Gasteiger partial charge on any atom is -0.462 e. The number of rotatable bonds is 3. The number of carbonyl (C=O) groups is 1. The van der Waals surface area contributed by atoms with E-state index in [2.05, 4.69) is 13.0 Å². The molecular formula is C11H16O3. The van der Waals surface area contributed by atoms with E-state index in [-0.39, 0.29) is 18.2 Å². The van der Waals surface area contributed by atoms with E-state index in [4.69, 9.17) is 9.47 Å². The normalized spacial score (nSPS) is 30.8. The minimum atomic E-state index is -0.106. The van der Waals surface area contributed by atoms with Crippen molar-refractivity contribution < 1.29 is 14.3 Å². The summed E-state index contributed by atoms with van der Waals surface area (Å²) < 4.78 is 10.3. The fourth-order valence-corrected chi connectivity index (χ4v) is 1.65. The topological polar surface area (TPSA) is 38.8 Å². The predicted octanol–water partition coefficient (Wildman–Crippen LogP) is 1.82. The summed E-state index contributed by atoms with van der Waals surface area (Å²) in [7, 11) is 0. The first kappa shape index (κ1) is 9.71. The molecule has 1 aliphatic heterocycles. The average molecular weight is 196 g/mol. The number of allylic oxidation sites excluding steroid dienone is 1. The Morgan fingerprint density at radius 3 is 3.07 bits per heavy atom. The largest absolute Gasteiger partial charge is 0.462 e. The maximum atomic E-state index is 11.3. The quantitative estimate of drug-likeness (QED) is 0.392. The number of esters is 1. The van der Waals surface area contributed by atoms with E-state index in [9.17, 15) is 4.79 Å². The summed E-state index contributed by atoms with van der Waals surface area (Å²) in [5.74, 6) is -0.106. The third-order valence-corrected chi connectivity index (χ3v) is 2.68. The van der Waals surface area contributed by atoms with Crippen molar-refractivity contribution in [1.82, 2.24) is 0 Å². The van der Waals surface area contributed by atoms with E-state index in [1.165, 1.54) is 5.57 Å². The van der Waals surface area contributed by atoms with Crippen molar-refractivity contribution in [3.63, 3.8) is 0 Å². The molecule has 2 aliphatic rings. The molecule has 3 nitrogen and oxygen atoms in total. The molecule has 1 heterocycles. The van der Waals surface area contributed by atoms with E-state index < -0.39 is 0 Å². The first-order chi connectivity index (χ1) is 6.74. The van der Waals surface area contributed by atoms with E-state index in [0.29, 0.717) is 6.42 Å². The van der Waals surface area contributed by atoms with Crippen molar-refractivity contribution in [2.75, 3.05) is 6.61 Å². The van der Waals surface area contributed by atoms with Gasteiger partial charge in [0.15, 0.2) is 0 Å². The SMILES string of the molecule is CC1=CCC(OC(=O)CC2CO2)CC1. The molecular weight excluding hydrogens is 180 g/mol. The number of hydrogen-bond donors (Lipinski definition) is 0. The lowest BCUT2D eigenvalue weighted by Crippen LogP contribution is -2.20. The lowest BCUT2D eigenvalue weighted by Gasteiger charge is -2.20. The molecule has 0 radical (unpaired) electrons. The fraction of sp³-hybridized carbons (Fsp3) is 0.727. The van der Waals surface area contributed by atoms with E-state index in [1.54, 1.807) is 0 Å². The fourth-order valence-electron chi connectivity index (χ4n) is 1.65. The van der Waals surface area contributed by atoms with Crippen LogP contribution in [-0.2, 0) is 14.3 Å². The third-order valence-electron chi connectivity index (χ3n) is 2.68. The highest BCUT2D eigenvalue weighted by Crippen LogP contribution is 2.21. The zero-order chi connectivity index (χ0) is 9.97. The Labute approximate surface area is 84.1 Å². The van der Waals surface area contributed by atoms with Gasteiger partial charge in [-0.15, -0.1) is 0 Å². The zero-order valence-corrected chi connectivity index (χ0v) is 8.49. The summed E-state index contributed by atoms with van der Waals surface area (Å²) in [5, 5.41) is 0. The maximum absolute atomic E-state index is 11.3. The Hall–Kier alpha value is -0.830. The Bertz CT molecular complexity index is 253. The Balaban J connectivity index is 1.71. The molecule has 0 amide bonds. The van der Waals surface area contributed by atoms with Crippen LogP contribution in [0.4, 0.5) is 0 Å². The second-order valence-electron chi connectivity index (χ2n) is 4.10. The standard InChI is InChI=1S/C11H16O3/c1-8-2-4-9(5-3-8)14-11(12)6-10-7-13-10/h2,9-10H,3-7H2,1H3. The van der Waals surface area contributed by atoms with Gasteiger partial charge in [-0.2, -0.15) is 0 Å². The molecule has 0 aromatic carbocycles. The number of carbonyl (C=O) groups excluding carboxylic acids is 1. The molecule has 2 unspecified atom stereocenters. The van der Waals surface area contributed by atoms with Gasteiger partial charge in [0.2, 0.25) is 0 Å². The van der Waals surface area contributed by atoms with Gasteiger partial charge < -0.3 is 9.47 Å². The van der Waals surface area contributed by atoms with Gasteiger partial charge >= 0.3 is 5.97 Å². The number of ether oxygens (including phenoxy) is 2. The highest BCUT2D eigenvalue weighted by molar-refractivity contribution is 5.70. The van der Waals surface area contributed by atoms with Gasteiger partial charge in [0.25, 0.3) is 0 Å². The average Bonchev–Trinajstić information content (AvgIpc) is 2.93. The van der Waals surface area contributed by atoms with Gasteiger partial charge in [0.05, 0.1) is 19.1 Å². The Kier molecular flexibility index (Phi) is 2.87. The Morgan fingerprint density at radius 1 is 1.71 bits per heavy atom. The van der Waals surface area contributed by atoms with Crippen LogP contribution in [0.3, 0.4) is 0 Å². The van der Waals surface area contributed by atoms with Gasteiger partial charge in [-0.25, -0.2) is 0 Å². The van der Waals surface area contributed by atoms with E-state index in [0.717, 1.165) is 25.9 Å². The predicted molar refractivity (Wildman–Crippen MR) is 51.8 cm³/mol. The molecule has 3 heteroatoms. The van der Waals surface area contributed by atoms with Crippen molar-refractivity contribution in [1.29, 1.82) is 0 Å². The van der Waals surface area contributed by atoms with Crippen LogP contribution in [0.5, 0.6) is 0 Å². The molecule has 14 heavy (non-hydrogen) atoms. The summed E-state index contributed by atoms with van der Waals surface area (Å²) in [6.45, 7) is 2.84. The number of epoxide rings is 1. The van der Waals surface area contributed by atoms with Gasteiger partial charge in [0, 0.05) is 6.42 Å². The van der Waals surface area contributed by atoms with Crippen molar-refractivity contribution in [2.24, 2.45) is 0 Å². The lowest BCUT2D eigenvalue weighted by atomic mass is 9.98. The van der Waals surface area contributed by atoms with Crippen LogP contribution in [0.15, 0.2) is 11.6 Å². The maximum Gasteiger partial charge on any atom is 0.308 e. The van der Waals surface area contributed by atoms with Gasteiger partial charge in [-0.1, -0.05) is 11.6 Å². The molecule has 1 fully saturated rings. The second kappa shape index (κ2) is 4.13. The smallest absolute Gasteiger partial charge is 0.308 e. The molecule has 0 saturated carbocycles. The van der Waals surface area contributed by atoms with Crippen LogP contribution in [0.25, 0.3) is 0 Å². The zero-order valence-electron chi connectivity index (χ0n) is 8.49. The molecule has 1 aliphatic carbocycles. The van der Waals surface area contributed by atoms with Gasteiger partial charge in [0.1, 0.15) is 6.10 Å². The summed E-state index contributed by atoms with van der Waals surface area (Å²) in [6, 6.07) is 0. The molecule has 0 aromatic rings. The van der Waals surface area contributed by atoms with Crippen molar-refractivity contribution in [3.05, 3.63) is 11.6 Å². The van der Waals surface area contributed by atoms with Crippen molar-refractivity contribution >= 4 is 5.97 Å². The van der Waals surface area contributed by atoms with Crippen LogP contribution in [0.2, 0.25) is 0 Å². The summed E-state index contributed by atoms with van der Waals surface area (Å²) in [6.07, 6.45) is 5.74. The van der Waals surface area contributed by atoms with E-state index in [1.807, 2.05) is 0 Å². The summed E-state index contributed by atoms with van der Waals surface area (Å²) >= 11 is 0. The van der Waals surface area contributed by atoms with Crippen LogP contribution in [0.1, 0.15) is 32.6 Å². The molecule has 2 atom stereocenters. The molecule has 0 spiro atoms. The lowest BCUT2D eigenvalue weighted by molar-refractivity contribution is -0.149. The molecule has 0 aromatic heterocycles. The first-order valence-electron chi connectivity index (χ1n) is 5.21. The Morgan fingerprint density at radius 2 is 2.50 bits per heavy atom. The summed E-state index contributed by atoms with van der Waals surface area (Å²) in [5.41, 5.74) is 1.41. The molecule has 1 saturated heterocycles. The third kappa shape index (κ3) is 2.84. The highest BCUT2D eigenvalue weighted by atomic mass is 16.6.